The predicted molar refractivity (Wildman–Crippen MR) is 80.9 cm³/mol. The Morgan fingerprint density at radius 3 is 2.40 bits per heavy atom. The lowest BCUT2D eigenvalue weighted by molar-refractivity contribution is 0.0963. The number of nitrogens with one attached hydrogen (secondary N) is 2. The summed E-state index contributed by atoms with van der Waals surface area (Å²) >= 11 is 0. The Balaban J connectivity index is 2.02. The first-order valence-electron chi connectivity index (χ1n) is 6.59. The van der Waals surface area contributed by atoms with E-state index in [4.69, 9.17) is 0 Å². The van der Waals surface area contributed by atoms with Gasteiger partial charge in [-0.1, -0.05) is 12.1 Å². The molecule has 0 atom stereocenters. The molecule has 2 N–H and O–H groups in total. The molecule has 0 saturated carbocycles. The standard InChI is InChI=1S/C16H19N3O/c1-11-4-9-15(12(2)19-11)18-10-13-5-7-14(8-6-13)16(20)17-3/h4-9,18H,10H2,1-3H3,(H,17,20). The van der Waals surface area contributed by atoms with Crippen molar-refractivity contribution >= 4 is 11.6 Å². The van der Waals surface area contributed by atoms with Crippen LogP contribution in [0.25, 0.3) is 0 Å². The first kappa shape index (κ1) is 14.1. The Labute approximate surface area is 119 Å². The topological polar surface area (TPSA) is 54.0 Å². The van der Waals surface area contributed by atoms with E-state index in [0.717, 1.165) is 22.6 Å². The summed E-state index contributed by atoms with van der Waals surface area (Å²) in [6.45, 7) is 4.68. The Kier molecular flexibility index (Phi) is 4.35. The predicted octanol–water partition coefficient (Wildman–Crippen LogP) is 2.67. The maximum absolute atomic E-state index is 11.4. The fourth-order valence-electron chi connectivity index (χ4n) is 1.99. The zero-order valence-electron chi connectivity index (χ0n) is 12.0. The van der Waals surface area contributed by atoms with E-state index in [2.05, 4.69) is 15.6 Å². The van der Waals surface area contributed by atoms with E-state index in [0.29, 0.717) is 12.1 Å². The van der Waals surface area contributed by atoms with E-state index in [1.54, 1.807) is 7.05 Å². The molecule has 0 spiro atoms. The molecule has 2 aromatic rings. The fourth-order valence-corrected chi connectivity index (χ4v) is 1.99. The van der Waals surface area contributed by atoms with Crippen molar-refractivity contribution in [2.75, 3.05) is 12.4 Å². The summed E-state index contributed by atoms with van der Waals surface area (Å²) in [6.07, 6.45) is 0. The van der Waals surface area contributed by atoms with Gasteiger partial charge in [0.1, 0.15) is 0 Å². The van der Waals surface area contributed by atoms with Crippen molar-refractivity contribution in [3.05, 3.63) is 58.9 Å². The average molecular weight is 269 g/mol. The maximum Gasteiger partial charge on any atom is 0.251 e. The Bertz CT molecular complexity index is 606. The number of carbonyl (C=O) groups is 1. The van der Waals surface area contributed by atoms with Gasteiger partial charge in [-0.15, -0.1) is 0 Å². The van der Waals surface area contributed by atoms with Gasteiger partial charge in [0.2, 0.25) is 0 Å². The van der Waals surface area contributed by atoms with Crippen LogP contribution in [0.3, 0.4) is 0 Å². The summed E-state index contributed by atoms with van der Waals surface area (Å²) in [5.41, 5.74) is 4.84. The summed E-state index contributed by atoms with van der Waals surface area (Å²) in [5.74, 6) is -0.0666. The third-order valence-corrected chi connectivity index (χ3v) is 3.15. The van der Waals surface area contributed by atoms with Crippen molar-refractivity contribution in [1.29, 1.82) is 0 Å². The second kappa shape index (κ2) is 6.19. The largest absolute Gasteiger partial charge is 0.380 e. The highest BCUT2D eigenvalue weighted by Gasteiger charge is 2.03. The van der Waals surface area contributed by atoms with Crippen LogP contribution >= 0.6 is 0 Å². The van der Waals surface area contributed by atoms with Crippen molar-refractivity contribution < 1.29 is 4.79 Å². The van der Waals surface area contributed by atoms with Gasteiger partial charge >= 0.3 is 0 Å². The average Bonchev–Trinajstić information content (AvgIpc) is 2.46. The molecule has 0 aliphatic rings. The van der Waals surface area contributed by atoms with E-state index in [-0.39, 0.29) is 5.91 Å². The molecule has 0 saturated heterocycles. The van der Waals surface area contributed by atoms with Crippen molar-refractivity contribution in [3.63, 3.8) is 0 Å². The summed E-state index contributed by atoms with van der Waals surface area (Å²) in [6, 6.07) is 11.6. The Morgan fingerprint density at radius 1 is 1.10 bits per heavy atom. The second-order valence-corrected chi connectivity index (χ2v) is 4.72. The first-order chi connectivity index (χ1) is 9.60. The number of nitrogens with zero attached hydrogens (tertiary/aromatic N) is 1. The van der Waals surface area contributed by atoms with E-state index < -0.39 is 0 Å². The van der Waals surface area contributed by atoms with Gasteiger partial charge in [0.05, 0.1) is 11.4 Å². The normalized spacial score (nSPS) is 10.2. The third kappa shape index (κ3) is 3.35. The molecular weight excluding hydrogens is 250 g/mol. The SMILES string of the molecule is CNC(=O)c1ccc(CNc2ccc(C)nc2C)cc1. The van der Waals surface area contributed by atoms with Crippen LogP contribution in [0.1, 0.15) is 27.3 Å². The Morgan fingerprint density at radius 2 is 1.80 bits per heavy atom. The van der Waals surface area contributed by atoms with Crippen LogP contribution in [-0.2, 0) is 6.54 Å². The second-order valence-electron chi connectivity index (χ2n) is 4.72. The molecule has 1 aromatic heterocycles. The minimum absolute atomic E-state index is 0.0666. The summed E-state index contributed by atoms with van der Waals surface area (Å²) in [4.78, 5) is 15.9. The number of anilines is 1. The van der Waals surface area contributed by atoms with Crippen LogP contribution in [0, 0.1) is 13.8 Å². The number of hydrogen-bond donors (Lipinski definition) is 2. The molecule has 20 heavy (non-hydrogen) atoms. The lowest BCUT2D eigenvalue weighted by Crippen LogP contribution is -2.17. The van der Waals surface area contributed by atoms with Crippen LogP contribution in [-0.4, -0.2) is 17.9 Å². The van der Waals surface area contributed by atoms with Crippen LogP contribution in [0.2, 0.25) is 0 Å². The van der Waals surface area contributed by atoms with E-state index in [1.807, 2.05) is 50.2 Å². The van der Waals surface area contributed by atoms with Crippen LogP contribution in [0.4, 0.5) is 5.69 Å². The van der Waals surface area contributed by atoms with Crippen molar-refractivity contribution in [3.8, 4) is 0 Å². The van der Waals surface area contributed by atoms with E-state index in [1.165, 1.54) is 0 Å². The number of hydrogen-bond acceptors (Lipinski definition) is 3. The van der Waals surface area contributed by atoms with Crippen molar-refractivity contribution in [1.82, 2.24) is 10.3 Å². The van der Waals surface area contributed by atoms with Gasteiger partial charge in [0.15, 0.2) is 0 Å². The number of benzene rings is 1. The first-order valence-corrected chi connectivity index (χ1v) is 6.59. The molecule has 0 aliphatic heterocycles. The van der Waals surface area contributed by atoms with Crippen LogP contribution in [0.15, 0.2) is 36.4 Å². The summed E-state index contributed by atoms with van der Waals surface area (Å²) in [7, 11) is 1.63. The zero-order chi connectivity index (χ0) is 14.5. The van der Waals surface area contributed by atoms with Crippen LogP contribution < -0.4 is 10.6 Å². The summed E-state index contributed by atoms with van der Waals surface area (Å²) in [5, 5.41) is 5.96. The summed E-state index contributed by atoms with van der Waals surface area (Å²) < 4.78 is 0. The third-order valence-electron chi connectivity index (χ3n) is 3.15. The van der Waals surface area contributed by atoms with E-state index >= 15 is 0 Å². The minimum atomic E-state index is -0.0666. The zero-order valence-corrected chi connectivity index (χ0v) is 12.0. The molecule has 1 amide bonds. The van der Waals surface area contributed by atoms with Gasteiger partial charge in [0.25, 0.3) is 5.91 Å². The fraction of sp³-hybridized carbons (Fsp3) is 0.250. The van der Waals surface area contributed by atoms with Crippen LogP contribution in [0.5, 0.6) is 0 Å². The highest BCUT2D eigenvalue weighted by atomic mass is 16.1. The number of aromatic nitrogens is 1. The number of carbonyl (C=O) groups excluding carboxylic acids is 1. The lowest BCUT2D eigenvalue weighted by Gasteiger charge is -2.10. The van der Waals surface area contributed by atoms with Crippen molar-refractivity contribution in [2.45, 2.75) is 20.4 Å². The minimum Gasteiger partial charge on any atom is -0.380 e. The van der Waals surface area contributed by atoms with Gasteiger partial charge in [-0.05, 0) is 43.7 Å². The molecule has 1 aromatic carbocycles. The number of pyridine rings is 1. The molecule has 0 aliphatic carbocycles. The molecule has 0 radical (unpaired) electrons. The molecule has 0 unspecified atom stereocenters. The van der Waals surface area contributed by atoms with E-state index in [9.17, 15) is 4.79 Å². The van der Waals surface area contributed by atoms with Crippen molar-refractivity contribution in [2.24, 2.45) is 0 Å². The number of amides is 1. The van der Waals surface area contributed by atoms with Gasteiger partial charge in [-0.3, -0.25) is 9.78 Å². The highest BCUT2D eigenvalue weighted by Crippen LogP contribution is 2.14. The molecule has 2 rings (SSSR count). The molecule has 4 heteroatoms. The molecule has 0 bridgehead atoms. The van der Waals surface area contributed by atoms with Gasteiger partial charge in [0, 0.05) is 24.8 Å². The molecular formula is C16H19N3O. The van der Waals surface area contributed by atoms with Gasteiger partial charge in [-0.25, -0.2) is 0 Å². The van der Waals surface area contributed by atoms with Gasteiger partial charge < -0.3 is 10.6 Å². The smallest absolute Gasteiger partial charge is 0.251 e. The monoisotopic (exact) mass is 269 g/mol. The Hall–Kier alpha value is -2.36. The molecule has 1 heterocycles. The molecule has 104 valence electrons. The quantitative estimate of drug-likeness (QED) is 0.897. The number of rotatable bonds is 4. The maximum atomic E-state index is 11.4. The molecule has 0 fully saturated rings. The molecule has 4 nitrogen and oxygen atoms in total. The lowest BCUT2D eigenvalue weighted by atomic mass is 10.1. The van der Waals surface area contributed by atoms with Gasteiger partial charge in [-0.2, -0.15) is 0 Å². The number of aryl methyl sites for hydroxylation is 2. The highest BCUT2D eigenvalue weighted by molar-refractivity contribution is 5.93.